The van der Waals surface area contributed by atoms with Crippen LogP contribution in [0.1, 0.15) is 54.2 Å². The second-order valence-corrected chi connectivity index (χ2v) is 11.9. The first kappa shape index (κ1) is 29.5. The maximum Gasteiger partial charge on any atom is 0.424 e. The summed E-state index contributed by atoms with van der Waals surface area (Å²) < 4.78 is 44.4. The fourth-order valence-corrected chi connectivity index (χ4v) is 5.78. The van der Waals surface area contributed by atoms with Crippen LogP contribution in [0.15, 0.2) is 59.1 Å². The summed E-state index contributed by atoms with van der Waals surface area (Å²) >= 11 is 0. The average molecular weight is 634 g/mol. The van der Waals surface area contributed by atoms with Gasteiger partial charge in [0.1, 0.15) is 17.5 Å². The third kappa shape index (κ3) is 5.46. The van der Waals surface area contributed by atoms with E-state index in [0.717, 1.165) is 10.5 Å². The second-order valence-electron chi connectivity index (χ2n) is 11.9. The minimum absolute atomic E-state index is 0.121. The van der Waals surface area contributed by atoms with Crippen LogP contribution in [0.5, 0.6) is 6.08 Å². The van der Waals surface area contributed by atoms with E-state index in [4.69, 9.17) is 13.9 Å². The van der Waals surface area contributed by atoms with E-state index in [1.165, 1.54) is 6.20 Å². The number of benzene rings is 2. The maximum absolute atomic E-state index is 14.1. The highest BCUT2D eigenvalue weighted by molar-refractivity contribution is 5.95. The fourth-order valence-electron chi connectivity index (χ4n) is 5.78. The van der Waals surface area contributed by atoms with Crippen molar-refractivity contribution >= 4 is 29.5 Å². The normalized spacial score (nSPS) is 19.9. The van der Waals surface area contributed by atoms with Gasteiger partial charge in [0.25, 0.3) is 11.8 Å². The van der Waals surface area contributed by atoms with Crippen LogP contribution < -0.4 is 15.4 Å². The molecule has 2 aromatic carbocycles. The summed E-state index contributed by atoms with van der Waals surface area (Å²) in [5.74, 6) is -3.38. The molecule has 13 nitrogen and oxygen atoms in total. The van der Waals surface area contributed by atoms with Gasteiger partial charge in [0.15, 0.2) is 0 Å². The quantitative estimate of drug-likeness (QED) is 0.210. The SMILES string of the molecule is CC1(C)OC(=O)c2ccc(Nc3ncc(-c4nnc(OC(=O)N5CC(F)(F)C5C5CC5)o4)c(N[C@H](CO)c4ccccc4)n3)cc21. The standard InChI is InChI=1S/C31H29F2N7O6/c1-30(2)21-12-18(10-11-19(21)26(42)46-30)35-27-34-13-20(24(37-27)36-22(14-41)16-6-4-3-5-7-16)25-38-39-28(44-25)45-29(43)40-15-31(32,33)23(40)17-8-9-17/h3-7,10-13,17,22-23,41H,8-9,14-15H2,1-2H3,(H2,34,35,36,37)/t22-,23?/m1/s1. The van der Waals surface area contributed by atoms with Gasteiger partial charge in [0.2, 0.25) is 5.95 Å². The number of rotatable bonds is 9. The number of ether oxygens (including phenoxy) is 2. The smallest absolute Gasteiger partial charge is 0.424 e. The molecule has 4 aromatic rings. The molecule has 2 fully saturated rings. The number of esters is 1. The summed E-state index contributed by atoms with van der Waals surface area (Å²) in [5, 5.41) is 24.3. The lowest BCUT2D eigenvalue weighted by atomic mass is 9.94. The Morgan fingerprint density at radius 2 is 1.93 bits per heavy atom. The van der Waals surface area contributed by atoms with Gasteiger partial charge in [0, 0.05) is 17.4 Å². The van der Waals surface area contributed by atoms with E-state index in [-0.39, 0.29) is 35.7 Å². The average Bonchev–Trinajstić information content (AvgIpc) is 3.67. The minimum Gasteiger partial charge on any atom is -0.451 e. The Bertz CT molecular complexity index is 1810. The molecular weight excluding hydrogens is 604 g/mol. The Hall–Kier alpha value is -5.18. The molecule has 1 saturated carbocycles. The second kappa shape index (κ2) is 11.0. The van der Waals surface area contributed by atoms with E-state index >= 15 is 0 Å². The van der Waals surface area contributed by atoms with Gasteiger partial charge >= 0.3 is 18.1 Å². The molecule has 0 bridgehead atoms. The number of amides is 1. The van der Waals surface area contributed by atoms with Crippen molar-refractivity contribution in [2.24, 2.45) is 5.92 Å². The van der Waals surface area contributed by atoms with Gasteiger partial charge in [-0.2, -0.15) is 4.98 Å². The summed E-state index contributed by atoms with van der Waals surface area (Å²) in [4.78, 5) is 34.9. The van der Waals surface area contributed by atoms with Crippen molar-refractivity contribution in [1.82, 2.24) is 25.1 Å². The van der Waals surface area contributed by atoms with Crippen LogP contribution in [0, 0.1) is 5.92 Å². The topological polar surface area (TPSA) is 165 Å². The van der Waals surface area contributed by atoms with E-state index in [2.05, 4.69) is 30.8 Å². The highest BCUT2D eigenvalue weighted by atomic mass is 19.3. The zero-order chi connectivity index (χ0) is 32.2. The van der Waals surface area contributed by atoms with Crippen LogP contribution in [0.25, 0.3) is 11.5 Å². The Balaban J connectivity index is 1.16. The minimum atomic E-state index is -2.96. The fraction of sp³-hybridized carbons (Fsp3) is 0.355. The van der Waals surface area contributed by atoms with Crippen LogP contribution in [-0.4, -0.2) is 67.4 Å². The number of aromatic nitrogens is 4. The summed E-state index contributed by atoms with van der Waals surface area (Å²) in [6.07, 6.45) is 1.13. The summed E-state index contributed by atoms with van der Waals surface area (Å²) in [5.41, 5.74) is 1.96. The predicted molar refractivity (Wildman–Crippen MR) is 158 cm³/mol. The monoisotopic (exact) mass is 633 g/mol. The molecule has 46 heavy (non-hydrogen) atoms. The molecule has 7 rings (SSSR count). The number of anilines is 3. The first-order chi connectivity index (χ1) is 22.0. The largest absolute Gasteiger partial charge is 0.451 e. The van der Waals surface area contributed by atoms with Crippen molar-refractivity contribution < 1.29 is 37.4 Å². The number of aliphatic hydroxyl groups is 1. The summed E-state index contributed by atoms with van der Waals surface area (Å²) in [6, 6.07) is 12.5. The first-order valence-corrected chi connectivity index (χ1v) is 14.7. The highest BCUT2D eigenvalue weighted by Crippen LogP contribution is 2.48. The van der Waals surface area contributed by atoms with E-state index in [9.17, 15) is 23.5 Å². The number of hydrogen-bond donors (Lipinski definition) is 3. The Morgan fingerprint density at radius 1 is 1.15 bits per heavy atom. The van der Waals surface area contributed by atoms with Crippen LogP contribution in [0.2, 0.25) is 0 Å². The summed E-state index contributed by atoms with van der Waals surface area (Å²) in [7, 11) is 0. The molecule has 2 atom stereocenters. The number of nitrogens with zero attached hydrogens (tertiary/aromatic N) is 5. The molecule has 0 radical (unpaired) electrons. The maximum atomic E-state index is 14.1. The summed E-state index contributed by atoms with van der Waals surface area (Å²) in [6.45, 7) is 2.57. The zero-order valence-electron chi connectivity index (χ0n) is 24.7. The molecule has 1 aliphatic carbocycles. The molecule has 2 aliphatic heterocycles. The molecule has 1 unspecified atom stereocenters. The molecule has 3 N–H and O–H groups in total. The highest BCUT2D eigenvalue weighted by Gasteiger charge is 2.62. The van der Waals surface area contributed by atoms with Gasteiger partial charge in [-0.05, 0) is 56.4 Å². The molecule has 1 saturated heterocycles. The molecule has 3 aliphatic rings. The molecule has 0 spiro atoms. The number of hydrogen-bond acceptors (Lipinski definition) is 12. The molecule has 2 aromatic heterocycles. The third-order valence-electron chi connectivity index (χ3n) is 8.24. The zero-order valence-corrected chi connectivity index (χ0v) is 24.7. The predicted octanol–water partition coefficient (Wildman–Crippen LogP) is 5.05. The van der Waals surface area contributed by atoms with Gasteiger partial charge in [-0.25, -0.2) is 23.4 Å². The number of alkyl halides is 2. The van der Waals surface area contributed by atoms with Crippen molar-refractivity contribution in [2.75, 3.05) is 23.8 Å². The molecule has 1 amide bonds. The number of carbonyl (C=O) groups is 2. The third-order valence-corrected chi connectivity index (χ3v) is 8.24. The van der Waals surface area contributed by atoms with Gasteiger partial charge < -0.3 is 29.6 Å². The van der Waals surface area contributed by atoms with Crippen molar-refractivity contribution in [3.63, 3.8) is 0 Å². The molecule has 15 heteroatoms. The number of nitrogens with one attached hydrogen (secondary N) is 2. The van der Waals surface area contributed by atoms with Gasteiger partial charge in [0.05, 0.1) is 30.3 Å². The number of fused-ring (bicyclic) bond motifs is 1. The lowest BCUT2D eigenvalue weighted by Crippen LogP contribution is -2.68. The van der Waals surface area contributed by atoms with Gasteiger partial charge in [-0.15, -0.1) is 5.10 Å². The van der Waals surface area contributed by atoms with E-state index in [0.29, 0.717) is 29.7 Å². The molecular formula is C31H29F2N7O6. The van der Waals surface area contributed by atoms with Crippen molar-refractivity contribution in [1.29, 1.82) is 0 Å². The Kier molecular flexibility index (Phi) is 7.07. The Morgan fingerprint density at radius 3 is 2.65 bits per heavy atom. The van der Waals surface area contributed by atoms with Crippen molar-refractivity contribution in [3.05, 3.63) is 71.4 Å². The number of halogens is 2. The lowest BCUT2D eigenvalue weighted by Gasteiger charge is -2.46. The van der Waals surface area contributed by atoms with Crippen molar-refractivity contribution in [2.45, 2.75) is 50.3 Å². The van der Waals surface area contributed by atoms with E-state index < -0.39 is 48.3 Å². The van der Waals surface area contributed by atoms with Gasteiger partial charge in [-0.3, -0.25) is 4.90 Å². The van der Waals surface area contributed by atoms with Crippen LogP contribution in [0.4, 0.5) is 31.0 Å². The van der Waals surface area contributed by atoms with Crippen LogP contribution in [-0.2, 0) is 10.3 Å². The lowest BCUT2D eigenvalue weighted by molar-refractivity contribution is -0.174. The molecule has 4 heterocycles. The first-order valence-electron chi connectivity index (χ1n) is 14.7. The van der Waals surface area contributed by atoms with Crippen molar-refractivity contribution in [3.8, 4) is 17.5 Å². The van der Waals surface area contributed by atoms with E-state index in [1.54, 1.807) is 32.0 Å². The van der Waals surface area contributed by atoms with Gasteiger partial charge in [-0.1, -0.05) is 35.4 Å². The number of cyclic esters (lactones) is 1. The molecule has 238 valence electrons. The van der Waals surface area contributed by atoms with Crippen LogP contribution in [0.3, 0.4) is 0 Å². The number of carbonyl (C=O) groups excluding carboxylic acids is 2. The van der Waals surface area contributed by atoms with Crippen LogP contribution >= 0.6 is 0 Å². The van der Waals surface area contributed by atoms with E-state index in [1.807, 2.05) is 30.3 Å². The Labute approximate surface area is 261 Å². The number of likely N-dealkylation sites (tertiary alicyclic amines) is 1. The number of aliphatic hydroxyl groups excluding tert-OH is 1.